The summed E-state index contributed by atoms with van der Waals surface area (Å²) in [5.74, 6) is 0.557. The van der Waals surface area contributed by atoms with Crippen molar-refractivity contribution in [2.45, 2.75) is 6.61 Å². The number of ether oxygens (including phenoxy) is 2. The van der Waals surface area contributed by atoms with Crippen LogP contribution >= 0.6 is 0 Å². The topological polar surface area (TPSA) is 97.4 Å². The molecule has 0 fully saturated rings. The van der Waals surface area contributed by atoms with Gasteiger partial charge in [-0.3, -0.25) is 4.79 Å². The Balaban J connectivity index is 2.03. The van der Waals surface area contributed by atoms with Gasteiger partial charge in [-0.1, -0.05) is 11.2 Å². The first-order valence-electron chi connectivity index (χ1n) is 6.08. The number of aromatic nitrogens is 1. The van der Waals surface area contributed by atoms with Gasteiger partial charge in [0, 0.05) is 24.9 Å². The van der Waals surface area contributed by atoms with Crippen LogP contribution in [0.2, 0.25) is 0 Å². The summed E-state index contributed by atoms with van der Waals surface area (Å²) < 4.78 is 15.0. The number of anilines is 1. The largest absolute Gasteiger partial charge is 0.479 e. The molecule has 2 rings (SSSR count). The Bertz CT molecular complexity index is 660. The zero-order chi connectivity index (χ0) is 15.1. The van der Waals surface area contributed by atoms with E-state index in [2.05, 4.69) is 10.5 Å². The van der Waals surface area contributed by atoms with Gasteiger partial charge in [0.15, 0.2) is 18.1 Å². The van der Waals surface area contributed by atoms with Crippen LogP contribution in [0.5, 0.6) is 5.75 Å². The molecule has 2 aromatic rings. The predicted octanol–water partition coefficient (Wildman–Crippen LogP) is 1.98. The van der Waals surface area contributed by atoms with E-state index < -0.39 is 5.91 Å². The minimum atomic E-state index is -0.404. The van der Waals surface area contributed by atoms with Crippen molar-refractivity contribution in [1.82, 2.24) is 5.16 Å². The fraction of sp³-hybridized carbons (Fsp3) is 0.214. The molecule has 0 bridgehead atoms. The second-order valence-corrected chi connectivity index (χ2v) is 4.04. The molecule has 0 aliphatic rings. The molecule has 0 aliphatic carbocycles. The monoisotopic (exact) mass is 287 g/mol. The van der Waals surface area contributed by atoms with Crippen molar-refractivity contribution in [2.24, 2.45) is 0 Å². The molecule has 1 aromatic carbocycles. The van der Waals surface area contributed by atoms with E-state index in [1.165, 1.54) is 13.2 Å². The van der Waals surface area contributed by atoms with Crippen LogP contribution in [0.15, 0.2) is 34.9 Å². The molecule has 7 nitrogen and oxygen atoms in total. The molecule has 1 aromatic heterocycles. The molecular formula is C14H13N3O4. The van der Waals surface area contributed by atoms with Crippen molar-refractivity contribution in [3.63, 3.8) is 0 Å². The molecule has 0 atom stereocenters. The number of carbonyl (C=O) groups is 1. The Labute approximate surface area is 121 Å². The second-order valence-electron chi connectivity index (χ2n) is 4.04. The van der Waals surface area contributed by atoms with E-state index in [0.717, 1.165) is 0 Å². The van der Waals surface area contributed by atoms with E-state index in [1.54, 1.807) is 24.3 Å². The average Bonchev–Trinajstić information content (AvgIpc) is 2.95. The molecular weight excluding hydrogens is 274 g/mol. The number of methoxy groups -OCH3 is 1. The summed E-state index contributed by atoms with van der Waals surface area (Å²) in [5.41, 5.74) is 0.692. The van der Waals surface area contributed by atoms with Crippen molar-refractivity contribution in [3.05, 3.63) is 41.8 Å². The van der Waals surface area contributed by atoms with Crippen LogP contribution in [-0.4, -0.2) is 24.8 Å². The number of hydrogen-bond acceptors (Lipinski definition) is 6. The molecule has 7 heteroatoms. The van der Waals surface area contributed by atoms with Gasteiger partial charge in [-0.25, -0.2) is 0 Å². The molecule has 1 amide bonds. The highest BCUT2D eigenvalue weighted by Gasteiger charge is 2.13. The van der Waals surface area contributed by atoms with Crippen molar-refractivity contribution in [2.75, 3.05) is 19.0 Å². The summed E-state index contributed by atoms with van der Waals surface area (Å²) in [6.07, 6.45) is 0. The number of nitriles is 1. The second kappa shape index (κ2) is 7.07. The summed E-state index contributed by atoms with van der Waals surface area (Å²) in [6.45, 7) is 0.193. The highest BCUT2D eigenvalue weighted by atomic mass is 16.5. The lowest BCUT2D eigenvalue weighted by Gasteiger charge is -2.05. The molecule has 21 heavy (non-hydrogen) atoms. The van der Waals surface area contributed by atoms with Gasteiger partial charge in [0.2, 0.25) is 0 Å². The quantitative estimate of drug-likeness (QED) is 0.872. The molecule has 1 heterocycles. The Morgan fingerprint density at radius 3 is 3.10 bits per heavy atom. The Hall–Kier alpha value is -2.85. The normalized spacial score (nSPS) is 9.90. The van der Waals surface area contributed by atoms with E-state index in [1.807, 2.05) is 6.07 Å². The fourth-order valence-electron chi connectivity index (χ4n) is 1.60. The molecule has 1 N–H and O–H groups in total. The third-order valence-corrected chi connectivity index (χ3v) is 2.47. The molecule has 108 valence electrons. The number of nitrogens with one attached hydrogen (secondary N) is 1. The van der Waals surface area contributed by atoms with Gasteiger partial charge >= 0.3 is 0 Å². The summed E-state index contributed by atoms with van der Waals surface area (Å²) in [4.78, 5) is 12.0. The predicted molar refractivity (Wildman–Crippen MR) is 72.7 cm³/mol. The molecule has 0 saturated carbocycles. The number of hydrogen-bond donors (Lipinski definition) is 1. The van der Waals surface area contributed by atoms with Gasteiger partial charge in [0.25, 0.3) is 5.91 Å². The van der Waals surface area contributed by atoms with Crippen LogP contribution in [0, 0.1) is 11.3 Å². The summed E-state index contributed by atoms with van der Waals surface area (Å²) in [7, 11) is 1.52. The maximum Gasteiger partial charge on any atom is 0.277 e. The minimum absolute atomic E-state index is 0.0545. The molecule has 0 saturated heterocycles. The SMILES string of the molecule is COCc1cc(C(=O)Nc2cccc(OCC#N)c2)no1. The lowest BCUT2D eigenvalue weighted by atomic mass is 10.3. The summed E-state index contributed by atoms with van der Waals surface area (Å²) >= 11 is 0. The van der Waals surface area contributed by atoms with Crippen LogP contribution < -0.4 is 10.1 Å². The van der Waals surface area contributed by atoms with E-state index in [9.17, 15) is 4.79 Å². The highest BCUT2D eigenvalue weighted by molar-refractivity contribution is 6.02. The summed E-state index contributed by atoms with van der Waals surface area (Å²) in [5, 5.41) is 14.8. The number of amides is 1. The zero-order valence-corrected chi connectivity index (χ0v) is 11.3. The number of rotatable bonds is 6. The first-order valence-corrected chi connectivity index (χ1v) is 6.08. The van der Waals surface area contributed by atoms with Gasteiger partial charge < -0.3 is 19.3 Å². The lowest BCUT2D eigenvalue weighted by molar-refractivity contribution is 0.101. The Morgan fingerprint density at radius 1 is 1.48 bits per heavy atom. The third-order valence-electron chi connectivity index (χ3n) is 2.47. The van der Waals surface area contributed by atoms with Crippen LogP contribution in [0.1, 0.15) is 16.2 Å². The number of benzene rings is 1. The zero-order valence-electron chi connectivity index (χ0n) is 11.3. The first-order chi connectivity index (χ1) is 10.2. The van der Waals surface area contributed by atoms with Crippen molar-refractivity contribution in [3.8, 4) is 11.8 Å². The third kappa shape index (κ3) is 4.06. The van der Waals surface area contributed by atoms with E-state index in [-0.39, 0.29) is 18.9 Å². The number of nitrogens with zero attached hydrogens (tertiary/aromatic N) is 2. The van der Waals surface area contributed by atoms with Crippen LogP contribution in [0.25, 0.3) is 0 Å². The van der Waals surface area contributed by atoms with Gasteiger partial charge in [-0.2, -0.15) is 5.26 Å². The van der Waals surface area contributed by atoms with Gasteiger partial charge in [0.05, 0.1) is 0 Å². The van der Waals surface area contributed by atoms with E-state index >= 15 is 0 Å². The molecule has 0 spiro atoms. The number of carbonyl (C=O) groups excluding carboxylic acids is 1. The molecule has 0 aliphatic heterocycles. The van der Waals surface area contributed by atoms with Gasteiger partial charge in [-0.15, -0.1) is 0 Å². The average molecular weight is 287 g/mol. The maximum absolute atomic E-state index is 12.0. The molecule has 0 unspecified atom stereocenters. The van der Waals surface area contributed by atoms with Crippen molar-refractivity contribution < 1.29 is 18.8 Å². The summed E-state index contributed by atoms with van der Waals surface area (Å²) in [6, 6.07) is 10.1. The smallest absolute Gasteiger partial charge is 0.277 e. The maximum atomic E-state index is 12.0. The van der Waals surface area contributed by atoms with Crippen LogP contribution in [-0.2, 0) is 11.3 Å². The Morgan fingerprint density at radius 2 is 2.33 bits per heavy atom. The Kier molecular flexibility index (Phi) is 4.90. The van der Waals surface area contributed by atoms with Gasteiger partial charge in [-0.05, 0) is 12.1 Å². The fourth-order valence-corrected chi connectivity index (χ4v) is 1.60. The standard InChI is InChI=1S/C14H13N3O4/c1-19-9-12-8-13(17-21-12)14(18)16-10-3-2-4-11(7-10)20-6-5-15/h2-4,7-8H,6,9H2,1H3,(H,16,18). The first kappa shape index (κ1) is 14.6. The van der Waals surface area contributed by atoms with E-state index in [0.29, 0.717) is 17.2 Å². The van der Waals surface area contributed by atoms with Gasteiger partial charge in [0.1, 0.15) is 18.4 Å². The molecule has 0 radical (unpaired) electrons. The minimum Gasteiger partial charge on any atom is -0.479 e. The van der Waals surface area contributed by atoms with E-state index in [4.69, 9.17) is 19.3 Å². The van der Waals surface area contributed by atoms with Crippen molar-refractivity contribution >= 4 is 11.6 Å². The van der Waals surface area contributed by atoms with Crippen molar-refractivity contribution in [1.29, 1.82) is 5.26 Å². The van der Waals surface area contributed by atoms with Crippen LogP contribution in [0.4, 0.5) is 5.69 Å². The highest BCUT2D eigenvalue weighted by Crippen LogP contribution is 2.18. The lowest BCUT2D eigenvalue weighted by Crippen LogP contribution is -2.12. The van der Waals surface area contributed by atoms with Crippen LogP contribution in [0.3, 0.4) is 0 Å².